The maximum atomic E-state index is 12.9. The van der Waals surface area contributed by atoms with Gasteiger partial charge in [0.15, 0.2) is 11.6 Å². The molecule has 4 heteroatoms. The first kappa shape index (κ1) is 33.5. The van der Waals surface area contributed by atoms with Gasteiger partial charge >= 0.3 is 0 Å². The molecule has 0 aliphatic carbocycles. The molecule has 0 aliphatic rings. The number of hydrogen-bond acceptors (Lipinski definition) is 4. The lowest BCUT2D eigenvalue weighted by Gasteiger charge is -2.36. The lowest BCUT2D eigenvalue weighted by Crippen LogP contribution is -2.55. The van der Waals surface area contributed by atoms with E-state index >= 15 is 0 Å². The van der Waals surface area contributed by atoms with Gasteiger partial charge in [-0.3, -0.25) is 14.5 Å². The summed E-state index contributed by atoms with van der Waals surface area (Å²) in [5.41, 5.74) is -1.19. The monoisotopic (exact) mass is 488 g/mol. The fraction of sp³-hybridized carbons (Fsp3) is 0.742. The van der Waals surface area contributed by atoms with Crippen LogP contribution in [0.2, 0.25) is 0 Å². The van der Waals surface area contributed by atoms with E-state index in [-0.39, 0.29) is 18.1 Å². The zero-order valence-electron chi connectivity index (χ0n) is 24.1. The molecule has 0 rings (SSSR count). The summed E-state index contributed by atoms with van der Waals surface area (Å²) in [5.74, 6) is 0.358. The molecule has 0 saturated heterocycles. The van der Waals surface area contributed by atoms with Crippen LogP contribution in [-0.4, -0.2) is 47.7 Å². The van der Waals surface area contributed by atoms with Crippen molar-refractivity contribution in [2.24, 2.45) is 0 Å². The van der Waals surface area contributed by atoms with Crippen LogP contribution in [0, 0.1) is 0 Å². The molecule has 0 radical (unpaired) electrons. The quantitative estimate of drug-likeness (QED) is 0.126. The Morgan fingerprint density at radius 3 is 1.94 bits per heavy atom. The fourth-order valence-electron chi connectivity index (χ4n) is 3.71. The molecule has 35 heavy (non-hydrogen) atoms. The van der Waals surface area contributed by atoms with Crippen LogP contribution in [0.25, 0.3) is 0 Å². The van der Waals surface area contributed by atoms with Gasteiger partial charge in [-0.15, -0.1) is 0 Å². The van der Waals surface area contributed by atoms with Gasteiger partial charge in [-0.1, -0.05) is 76.0 Å². The largest absolute Gasteiger partial charge is 0.305 e. The van der Waals surface area contributed by atoms with Crippen molar-refractivity contribution in [3.8, 4) is 0 Å². The Bertz CT molecular complexity index is 659. The van der Waals surface area contributed by atoms with E-state index in [1.54, 1.807) is 0 Å². The number of carbonyl (C=O) groups excluding carboxylic acids is 2. The van der Waals surface area contributed by atoms with Crippen molar-refractivity contribution in [2.45, 2.75) is 130 Å². The summed E-state index contributed by atoms with van der Waals surface area (Å²) in [6, 6.07) is 0. The number of nitrogens with one attached hydrogen (secondary N) is 1. The minimum Gasteiger partial charge on any atom is -0.305 e. The minimum atomic E-state index is -0.624. The van der Waals surface area contributed by atoms with Crippen molar-refractivity contribution in [1.29, 1.82) is 0 Å². The lowest BCUT2D eigenvalue weighted by atomic mass is 9.91. The lowest BCUT2D eigenvalue weighted by molar-refractivity contribution is -0.132. The molecule has 0 saturated carbocycles. The van der Waals surface area contributed by atoms with E-state index in [1.165, 1.54) is 19.3 Å². The van der Waals surface area contributed by atoms with Gasteiger partial charge in [-0.2, -0.15) is 0 Å². The van der Waals surface area contributed by atoms with Gasteiger partial charge < -0.3 is 5.32 Å². The summed E-state index contributed by atoms with van der Waals surface area (Å²) in [5, 5.41) is 3.36. The van der Waals surface area contributed by atoms with Crippen molar-refractivity contribution >= 4 is 11.6 Å². The van der Waals surface area contributed by atoms with E-state index in [0.717, 1.165) is 57.9 Å². The van der Waals surface area contributed by atoms with Crippen molar-refractivity contribution < 1.29 is 9.59 Å². The van der Waals surface area contributed by atoms with Gasteiger partial charge in [0.05, 0.1) is 17.6 Å². The van der Waals surface area contributed by atoms with Crippen molar-refractivity contribution in [2.75, 3.05) is 20.1 Å². The molecule has 0 aromatic rings. The smallest absolute Gasteiger partial charge is 0.166 e. The molecular weight excluding hydrogens is 432 g/mol. The highest BCUT2D eigenvalue weighted by molar-refractivity contribution is 5.91. The van der Waals surface area contributed by atoms with Crippen molar-refractivity contribution in [1.82, 2.24) is 10.2 Å². The third kappa shape index (κ3) is 16.0. The maximum Gasteiger partial charge on any atom is 0.166 e. The molecular formula is C31H56N2O2. The number of rotatable bonds is 22. The fourth-order valence-corrected chi connectivity index (χ4v) is 3.71. The summed E-state index contributed by atoms with van der Waals surface area (Å²) in [7, 11) is 1.89. The van der Waals surface area contributed by atoms with Crippen molar-refractivity contribution in [3.63, 3.8) is 0 Å². The number of Topliss-reactive ketones (excluding diaryl/α,β-unsaturated/α-hetero) is 2. The Kier molecular flexibility index (Phi) is 18.8. The third-order valence-electron chi connectivity index (χ3n) is 6.87. The molecule has 0 amide bonds. The highest BCUT2D eigenvalue weighted by Gasteiger charge is 2.35. The van der Waals surface area contributed by atoms with Crippen LogP contribution in [0.15, 0.2) is 36.5 Å². The highest BCUT2D eigenvalue weighted by atomic mass is 16.1. The molecule has 0 fully saturated rings. The predicted octanol–water partition coefficient (Wildman–Crippen LogP) is 7.59. The average molecular weight is 489 g/mol. The first-order valence-electron chi connectivity index (χ1n) is 14.1. The number of allylic oxidation sites excluding steroid dienone is 6. The average Bonchev–Trinajstić information content (AvgIpc) is 2.81. The van der Waals surface area contributed by atoms with Crippen LogP contribution in [-0.2, 0) is 9.59 Å². The Morgan fingerprint density at radius 2 is 1.31 bits per heavy atom. The molecule has 202 valence electrons. The molecule has 0 unspecified atom stereocenters. The summed E-state index contributed by atoms with van der Waals surface area (Å²) in [4.78, 5) is 27.6. The molecule has 0 aromatic carbocycles. The van der Waals surface area contributed by atoms with E-state index in [2.05, 4.69) is 55.6 Å². The summed E-state index contributed by atoms with van der Waals surface area (Å²) >= 11 is 0. The molecule has 0 spiro atoms. The molecule has 0 aromatic heterocycles. The van der Waals surface area contributed by atoms with Crippen LogP contribution in [0.1, 0.15) is 119 Å². The zero-order chi connectivity index (χ0) is 26.6. The maximum absolute atomic E-state index is 12.9. The van der Waals surface area contributed by atoms with Crippen LogP contribution in [0.3, 0.4) is 0 Å². The molecule has 0 atom stereocenters. The summed E-state index contributed by atoms with van der Waals surface area (Å²) in [6.07, 6.45) is 26.1. The number of hydrogen-bond donors (Lipinski definition) is 1. The van der Waals surface area contributed by atoms with Gasteiger partial charge in [0, 0.05) is 6.42 Å². The zero-order valence-corrected chi connectivity index (χ0v) is 24.1. The Hall–Kier alpha value is -1.52. The van der Waals surface area contributed by atoms with Crippen LogP contribution >= 0.6 is 0 Å². The molecule has 0 bridgehead atoms. The third-order valence-corrected chi connectivity index (χ3v) is 6.87. The number of ketones is 2. The van der Waals surface area contributed by atoms with E-state index in [0.29, 0.717) is 6.42 Å². The SMILES string of the molecule is CC/C=C\C/C=C\C/C=C\CCCCCCCC(=O)C(C)(C)N(C)CC(=O)C(C)(C)NCCCC. The minimum absolute atomic E-state index is 0.131. The molecule has 0 heterocycles. The standard InChI is InChI=1S/C31H56N2O2/c1-8-10-12-13-14-15-16-17-18-19-20-21-22-23-24-25-28(34)31(5,6)33(7)27-29(35)30(3,4)32-26-11-9-2/h10,12,14-15,17-18,32H,8-9,11,13,16,19-27H2,1-7H3/b12-10-,15-14-,18-17-. The number of nitrogens with zero attached hydrogens (tertiary/aromatic N) is 1. The first-order valence-corrected chi connectivity index (χ1v) is 14.1. The van der Waals surface area contributed by atoms with E-state index < -0.39 is 11.1 Å². The molecule has 4 nitrogen and oxygen atoms in total. The number of likely N-dealkylation sites (N-methyl/N-ethyl adjacent to an activating group) is 1. The van der Waals surface area contributed by atoms with Gasteiger partial charge in [-0.05, 0) is 86.2 Å². The summed E-state index contributed by atoms with van der Waals surface area (Å²) in [6.45, 7) is 13.2. The van der Waals surface area contributed by atoms with E-state index in [1.807, 2.05) is 39.6 Å². The van der Waals surface area contributed by atoms with Gasteiger partial charge in [0.2, 0.25) is 0 Å². The van der Waals surface area contributed by atoms with Gasteiger partial charge in [-0.25, -0.2) is 0 Å². The highest BCUT2D eigenvalue weighted by Crippen LogP contribution is 2.19. The second kappa shape index (κ2) is 19.6. The Labute approximate surface area is 217 Å². The predicted molar refractivity (Wildman–Crippen MR) is 153 cm³/mol. The topological polar surface area (TPSA) is 49.4 Å². The number of carbonyl (C=O) groups is 2. The van der Waals surface area contributed by atoms with E-state index in [9.17, 15) is 9.59 Å². The van der Waals surface area contributed by atoms with Crippen LogP contribution in [0.5, 0.6) is 0 Å². The van der Waals surface area contributed by atoms with Gasteiger partial charge in [0.25, 0.3) is 0 Å². The van der Waals surface area contributed by atoms with Gasteiger partial charge in [0.1, 0.15) is 0 Å². The van der Waals surface area contributed by atoms with Crippen molar-refractivity contribution in [3.05, 3.63) is 36.5 Å². The summed E-state index contributed by atoms with van der Waals surface area (Å²) < 4.78 is 0. The second-order valence-electron chi connectivity index (χ2n) is 10.8. The van der Waals surface area contributed by atoms with Crippen LogP contribution < -0.4 is 5.32 Å². The Balaban J connectivity index is 4.08. The molecule has 0 aliphatic heterocycles. The normalized spacial score (nSPS) is 13.1. The molecule has 1 N–H and O–H groups in total. The van der Waals surface area contributed by atoms with E-state index in [4.69, 9.17) is 0 Å². The van der Waals surface area contributed by atoms with Crippen LogP contribution in [0.4, 0.5) is 0 Å². The number of unbranched alkanes of at least 4 members (excludes halogenated alkanes) is 6. The Morgan fingerprint density at radius 1 is 0.743 bits per heavy atom. The first-order chi connectivity index (χ1) is 16.6. The second-order valence-corrected chi connectivity index (χ2v) is 10.8.